The topological polar surface area (TPSA) is 121 Å². The van der Waals surface area contributed by atoms with Crippen LogP contribution in [0.25, 0.3) is 27.8 Å². The van der Waals surface area contributed by atoms with Crippen LogP contribution in [0, 0.1) is 12.8 Å². The molecule has 1 aliphatic rings. The average Bonchev–Trinajstić information content (AvgIpc) is 3.51. The summed E-state index contributed by atoms with van der Waals surface area (Å²) in [5.41, 5.74) is 10.5. The molecule has 0 radical (unpaired) electrons. The predicted molar refractivity (Wildman–Crippen MR) is 131 cm³/mol. The fourth-order valence-corrected chi connectivity index (χ4v) is 4.17. The Morgan fingerprint density at radius 3 is 2.76 bits per heavy atom. The minimum absolute atomic E-state index is 0.0445. The Morgan fingerprint density at radius 2 is 2.06 bits per heavy atom. The molecule has 1 aliphatic carbocycles. The molecule has 0 saturated heterocycles. The lowest BCUT2D eigenvalue weighted by atomic mass is 10.0. The number of ether oxygens (including phenoxy) is 1. The zero-order valence-electron chi connectivity index (χ0n) is 19.2. The number of nitrogens with two attached hydrogens (primary N) is 1. The number of aromatic nitrogens is 5. The molecule has 0 spiro atoms. The van der Waals surface area contributed by atoms with Crippen LogP contribution in [-0.2, 0) is 16.6 Å². The molecular formula is C25H25N7O2. The second kappa shape index (κ2) is 8.26. The summed E-state index contributed by atoms with van der Waals surface area (Å²) >= 11 is 0. The summed E-state index contributed by atoms with van der Waals surface area (Å²) in [4.78, 5) is 26.1. The number of pyridine rings is 3. The lowest BCUT2D eigenvalue weighted by molar-refractivity contribution is -0.117. The normalized spacial score (nSPS) is 16.9. The Morgan fingerprint density at radius 1 is 1.24 bits per heavy atom. The highest BCUT2D eigenvalue weighted by molar-refractivity contribution is 5.98. The van der Waals surface area contributed by atoms with E-state index < -0.39 is 0 Å². The fourth-order valence-electron chi connectivity index (χ4n) is 4.17. The highest BCUT2D eigenvalue weighted by atomic mass is 16.5. The highest BCUT2D eigenvalue weighted by Crippen LogP contribution is 2.47. The number of nitrogens with one attached hydrogen (secondary N) is 1. The van der Waals surface area contributed by atoms with Crippen molar-refractivity contribution in [3.8, 4) is 11.3 Å². The predicted octanol–water partition coefficient (Wildman–Crippen LogP) is 3.68. The second-order valence-corrected chi connectivity index (χ2v) is 8.58. The Balaban J connectivity index is 1.40. The number of carbonyl (C=O) groups is 1. The van der Waals surface area contributed by atoms with Crippen molar-refractivity contribution in [2.75, 3.05) is 18.2 Å². The number of amides is 1. The van der Waals surface area contributed by atoms with Crippen LogP contribution >= 0.6 is 0 Å². The van der Waals surface area contributed by atoms with Gasteiger partial charge in [-0.2, -0.15) is 5.10 Å². The van der Waals surface area contributed by atoms with Gasteiger partial charge in [-0.15, -0.1) is 0 Å². The third kappa shape index (κ3) is 3.96. The number of rotatable bonds is 6. The van der Waals surface area contributed by atoms with Crippen LogP contribution in [0.1, 0.15) is 29.2 Å². The second-order valence-electron chi connectivity index (χ2n) is 8.58. The summed E-state index contributed by atoms with van der Waals surface area (Å²) in [5.74, 6) is 1.42. The Bertz CT molecular complexity index is 1440. The Labute approximate surface area is 196 Å². The van der Waals surface area contributed by atoms with Gasteiger partial charge in [0.25, 0.3) is 0 Å². The minimum atomic E-state index is -0.0751. The van der Waals surface area contributed by atoms with Crippen molar-refractivity contribution in [1.82, 2.24) is 24.7 Å². The first kappa shape index (κ1) is 21.6. The first-order chi connectivity index (χ1) is 16.3. The van der Waals surface area contributed by atoms with E-state index in [2.05, 4.69) is 31.9 Å². The average molecular weight is 456 g/mol. The van der Waals surface area contributed by atoms with Gasteiger partial charge in [0.05, 0.1) is 19.0 Å². The smallest absolute Gasteiger partial charge is 0.229 e. The van der Waals surface area contributed by atoms with E-state index in [4.69, 9.17) is 10.5 Å². The highest BCUT2D eigenvalue weighted by Gasteiger charge is 2.44. The van der Waals surface area contributed by atoms with Gasteiger partial charge in [0, 0.05) is 42.5 Å². The molecule has 4 heterocycles. The number of nitrogen functional groups attached to an aromatic ring is 1. The van der Waals surface area contributed by atoms with Crippen LogP contribution in [0.15, 0.2) is 49.6 Å². The number of aryl methyl sites for hydroxylation is 2. The number of anilines is 2. The lowest BCUT2D eigenvalue weighted by Gasteiger charge is -2.11. The number of carbonyl (C=O) groups excluding carboxylic acids is 1. The van der Waals surface area contributed by atoms with Crippen LogP contribution in [0.5, 0.6) is 0 Å². The van der Waals surface area contributed by atoms with Crippen molar-refractivity contribution in [3.63, 3.8) is 0 Å². The molecule has 3 N–H and O–H groups in total. The number of hydrogen-bond donors (Lipinski definition) is 2. The molecule has 34 heavy (non-hydrogen) atoms. The molecular weight excluding hydrogens is 430 g/mol. The molecule has 9 nitrogen and oxygen atoms in total. The fraction of sp³-hybridized carbons (Fsp3) is 0.240. The zero-order valence-corrected chi connectivity index (χ0v) is 19.2. The number of methoxy groups -OCH3 is 1. The van der Waals surface area contributed by atoms with E-state index in [9.17, 15) is 4.79 Å². The van der Waals surface area contributed by atoms with Gasteiger partial charge >= 0.3 is 0 Å². The van der Waals surface area contributed by atoms with Crippen LogP contribution < -0.4 is 11.1 Å². The molecule has 0 bridgehead atoms. The van der Waals surface area contributed by atoms with E-state index in [0.29, 0.717) is 28.8 Å². The standard InChI is InChI=1S/C25H25N7O2/c1-13-5-21(14(2)34-4)27-10-19(13)22-6-15-7-23(28-11-20(15)24(26)30-22)31-25(33)18-8-17(18)16-9-29-32(3)12-16/h5-7,9-12,17-18H,2,8H2,1,3-4H3,(H2,26,30)(H,28,31,33)/t17-,18+/m1/s1. The number of hydrogen-bond acceptors (Lipinski definition) is 7. The summed E-state index contributed by atoms with van der Waals surface area (Å²) in [5, 5.41) is 8.69. The quantitative estimate of drug-likeness (QED) is 0.426. The number of nitrogens with zero attached hydrogens (tertiary/aromatic N) is 5. The van der Waals surface area contributed by atoms with E-state index >= 15 is 0 Å². The van der Waals surface area contributed by atoms with Gasteiger partial charge in [-0.1, -0.05) is 6.58 Å². The lowest BCUT2D eigenvalue weighted by Crippen LogP contribution is -2.15. The summed E-state index contributed by atoms with van der Waals surface area (Å²) in [6, 6.07) is 5.64. The van der Waals surface area contributed by atoms with Crippen LogP contribution in [0.4, 0.5) is 11.6 Å². The molecule has 0 aliphatic heterocycles. The minimum Gasteiger partial charge on any atom is -0.495 e. The number of fused-ring (bicyclic) bond motifs is 1. The SMILES string of the molecule is C=C(OC)c1cc(C)c(-c2cc3cc(NC(=O)[C@H]4C[C@@H]4c4cnn(C)c4)ncc3c(N)n2)cn1. The van der Waals surface area contributed by atoms with Crippen molar-refractivity contribution < 1.29 is 9.53 Å². The summed E-state index contributed by atoms with van der Waals surface area (Å²) in [6.07, 6.45) is 7.96. The summed E-state index contributed by atoms with van der Waals surface area (Å²) in [6.45, 7) is 5.82. The molecule has 4 aromatic heterocycles. The van der Waals surface area contributed by atoms with Gasteiger partial charge in [-0.25, -0.2) is 9.97 Å². The van der Waals surface area contributed by atoms with Gasteiger partial charge in [0.15, 0.2) is 0 Å². The molecule has 4 aromatic rings. The van der Waals surface area contributed by atoms with E-state index in [1.807, 2.05) is 44.6 Å². The van der Waals surface area contributed by atoms with Gasteiger partial charge in [-0.05, 0) is 54.0 Å². The van der Waals surface area contributed by atoms with E-state index in [1.165, 1.54) is 0 Å². The molecule has 9 heteroatoms. The van der Waals surface area contributed by atoms with Crippen LogP contribution in [-0.4, -0.2) is 37.7 Å². The van der Waals surface area contributed by atoms with Crippen molar-refractivity contribution in [2.45, 2.75) is 19.3 Å². The van der Waals surface area contributed by atoms with Crippen molar-refractivity contribution >= 4 is 34.1 Å². The van der Waals surface area contributed by atoms with Gasteiger partial charge in [-0.3, -0.25) is 14.5 Å². The molecule has 1 saturated carbocycles. The van der Waals surface area contributed by atoms with E-state index in [0.717, 1.165) is 33.9 Å². The summed E-state index contributed by atoms with van der Waals surface area (Å²) in [7, 11) is 3.43. The molecule has 5 rings (SSSR count). The zero-order chi connectivity index (χ0) is 24.0. The van der Waals surface area contributed by atoms with Crippen molar-refractivity contribution in [1.29, 1.82) is 0 Å². The van der Waals surface area contributed by atoms with Gasteiger partial charge in [0.1, 0.15) is 23.1 Å². The third-order valence-corrected chi connectivity index (χ3v) is 6.20. The van der Waals surface area contributed by atoms with Gasteiger partial charge in [0.2, 0.25) is 5.91 Å². The first-order valence-corrected chi connectivity index (χ1v) is 10.9. The van der Waals surface area contributed by atoms with Gasteiger partial charge < -0.3 is 15.8 Å². The van der Waals surface area contributed by atoms with Crippen molar-refractivity contribution in [3.05, 3.63) is 66.4 Å². The first-order valence-electron chi connectivity index (χ1n) is 10.9. The molecule has 0 aromatic carbocycles. The largest absolute Gasteiger partial charge is 0.495 e. The van der Waals surface area contributed by atoms with Crippen LogP contribution in [0.2, 0.25) is 0 Å². The monoisotopic (exact) mass is 455 g/mol. The maximum Gasteiger partial charge on any atom is 0.229 e. The Kier molecular flexibility index (Phi) is 5.24. The van der Waals surface area contributed by atoms with E-state index in [1.54, 1.807) is 24.2 Å². The molecule has 1 fully saturated rings. The third-order valence-electron chi connectivity index (χ3n) is 6.20. The molecule has 1 amide bonds. The maximum absolute atomic E-state index is 12.8. The molecule has 172 valence electrons. The molecule has 2 atom stereocenters. The maximum atomic E-state index is 12.8. The summed E-state index contributed by atoms with van der Waals surface area (Å²) < 4.78 is 6.93. The van der Waals surface area contributed by atoms with E-state index in [-0.39, 0.29) is 17.7 Å². The van der Waals surface area contributed by atoms with Crippen LogP contribution in [0.3, 0.4) is 0 Å². The van der Waals surface area contributed by atoms with Crippen molar-refractivity contribution in [2.24, 2.45) is 13.0 Å². The Hall–Kier alpha value is -4.27. The molecule has 0 unspecified atom stereocenters.